The van der Waals surface area contributed by atoms with E-state index in [1.165, 1.54) is 11.5 Å². The molecule has 0 fully saturated rings. The molecule has 0 saturated heterocycles. The fourth-order valence-corrected chi connectivity index (χ4v) is 4.47. The largest absolute Gasteiger partial charge is 0.501 e. The minimum atomic E-state index is -5.54. The third kappa shape index (κ3) is 4.44. The molecule has 0 aliphatic heterocycles. The van der Waals surface area contributed by atoms with Crippen LogP contribution in [0, 0.1) is 6.92 Å². The van der Waals surface area contributed by atoms with Gasteiger partial charge < -0.3 is 5.11 Å². The van der Waals surface area contributed by atoms with Crippen molar-refractivity contribution in [2.45, 2.75) is 23.9 Å². The van der Waals surface area contributed by atoms with E-state index in [-0.39, 0.29) is 17.9 Å². The quantitative estimate of drug-likeness (QED) is 0.409. The van der Waals surface area contributed by atoms with E-state index in [2.05, 4.69) is 4.98 Å². The number of benzene rings is 2. The van der Waals surface area contributed by atoms with Crippen LogP contribution in [0.15, 0.2) is 76.7 Å². The third-order valence-electron chi connectivity index (χ3n) is 5.47. The summed E-state index contributed by atoms with van der Waals surface area (Å²) in [5.41, 5.74) is -3.64. The van der Waals surface area contributed by atoms with Gasteiger partial charge in [-0.25, -0.2) is 17.8 Å². The van der Waals surface area contributed by atoms with E-state index in [0.717, 1.165) is 45.5 Å². The molecule has 12 heteroatoms. The van der Waals surface area contributed by atoms with E-state index in [0.29, 0.717) is 5.02 Å². The molecule has 0 radical (unpaired) electrons. The van der Waals surface area contributed by atoms with Gasteiger partial charge in [-0.05, 0) is 60.5 Å². The first-order valence-corrected chi connectivity index (χ1v) is 11.9. The minimum Gasteiger partial charge on any atom is -0.493 e. The molecule has 0 amide bonds. The van der Waals surface area contributed by atoms with Crippen LogP contribution in [0.4, 0.5) is 13.2 Å². The molecule has 0 aliphatic rings. The maximum absolute atomic E-state index is 13.2. The molecule has 35 heavy (non-hydrogen) atoms. The summed E-state index contributed by atoms with van der Waals surface area (Å²) < 4.78 is 63.8. The highest BCUT2D eigenvalue weighted by atomic mass is 35.5. The van der Waals surface area contributed by atoms with E-state index in [9.17, 15) is 31.5 Å². The summed E-state index contributed by atoms with van der Waals surface area (Å²) in [5.74, 6) is -0.427. The lowest BCUT2D eigenvalue weighted by molar-refractivity contribution is -0.0436. The van der Waals surface area contributed by atoms with Crippen molar-refractivity contribution in [3.8, 4) is 22.7 Å². The van der Waals surface area contributed by atoms with Crippen molar-refractivity contribution in [2.75, 3.05) is 0 Å². The fourth-order valence-electron chi connectivity index (χ4n) is 3.59. The number of sulfone groups is 1. The van der Waals surface area contributed by atoms with Gasteiger partial charge in [0.05, 0.1) is 22.8 Å². The number of alkyl halides is 3. The SMILES string of the molecule is Cc1c(O)n(-c2ccc(S(=O)(=O)C(F)(F)F)cc2)c(=O)n1Cc1ccncc1-c1ccc(Cl)cc1. The molecule has 182 valence electrons. The van der Waals surface area contributed by atoms with E-state index in [1.807, 2.05) is 0 Å². The average molecular weight is 524 g/mol. The molecule has 7 nitrogen and oxygen atoms in total. The van der Waals surface area contributed by atoms with Crippen LogP contribution in [0.25, 0.3) is 16.8 Å². The molecule has 4 rings (SSSR count). The summed E-state index contributed by atoms with van der Waals surface area (Å²) in [6, 6.07) is 12.3. The standard InChI is InChI=1S/C23H17ClF3N3O4S/c1-14-21(31)30(18-6-8-19(9-7-18)35(33,34)23(25,26)27)22(32)29(14)13-16-10-11-28-12-20(16)15-2-4-17(24)5-3-15/h2-12,31H,13H2,1H3. The maximum atomic E-state index is 13.2. The van der Waals surface area contributed by atoms with Gasteiger partial charge in [0.15, 0.2) is 0 Å². The van der Waals surface area contributed by atoms with Crippen LogP contribution in [-0.4, -0.2) is 33.2 Å². The van der Waals surface area contributed by atoms with Crippen LogP contribution in [0.2, 0.25) is 5.02 Å². The third-order valence-corrected chi connectivity index (χ3v) is 7.22. The van der Waals surface area contributed by atoms with Crippen molar-refractivity contribution < 1.29 is 26.7 Å². The second-order valence-corrected chi connectivity index (χ2v) is 9.97. The fraction of sp³-hybridized carbons (Fsp3) is 0.130. The normalized spacial score (nSPS) is 12.1. The lowest BCUT2D eigenvalue weighted by Crippen LogP contribution is -2.25. The van der Waals surface area contributed by atoms with Crippen molar-refractivity contribution in [3.05, 3.63) is 93.8 Å². The van der Waals surface area contributed by atoms with Gasteiger partial charge in [0, 0.05) is 23.0 Å². The van der Waals surface area contributed by atoms with Gasteiger partial charge in [-0.1, -0.05) is 23.7 Å². The lowest BCUT2D eigenvalue weighted by Gasteiger charge is -2.11. The summed E-state index contributed by atoms with van der Waals surface area (Å²) in [4.78, 5) is 16.4. The minimum absolute atomic E-state index is 0.00290. The Morgan fingerprint density at radius 2 is 1.66 bits per heavy atom. The molecule has 2 aromatic carbocycles. The Hall–Kier alpha value is -3.57. The Kier molecular flexibility index (Phi) is 6.24. The summed E-state index contributed by atoms with van der Waals surface area (Å²) >= 11 is 5.96. The summed E-state index contributed by atoms with van der Waals surface area (Å²) in [6.07, 6.45) is 3.20. The van der Waals surface area contributed by atoms with Crippen molar-refractivity contribution in [3.63, 3.8) is 0 Å². The van der Waals surface area contributed by atoms with Gasteiger partial charge in [0.1, 0.15) is 0 Å². The average Bonchev–Trinajstić information content (AvgIpc) is 3.02. The van der Waals surface area contributed by atoms with Gasteiger partial charge in [0.25, 0.3) is 9.84 Å². The zero-order valence-electron chi connectivity index (χ0n) is 18.0. The number of pyridine rings is 1. The summed E-state index contributed by atoms with van der Waals surface area (Å²) in [5, 5.41) is 11.2. The molecule has 2 heterocycles. The Balaban J connectivity index is 1.74. The van der Waals surface area contributed by atoms with E-state index in [1.54, 1.807) is 42.7 Å². The number of aromatic nitrogens is 3. The molecule has 2 aromatic heterocycles. The zero-order valence-corrected chi connectivity index (χ0v) is 19.6. The molecule has 0 bridgehead atoms. The smallest absolute Gasteiger partial charge is 0.493 e. The predicted molar refractivity (Wildman–Crippen MR) is 123 cm³/mol. The highest BCUT2D eigenvalue weighted by molar-refractivity contribution is 7.92. The Bertz CT molecular complexity index is 1560. The monoisotopic (exact) mass is 523 g/mol. The second-order valence-electron chi connectivity index (χ2n) is 7.60. The summed E-state index contributed by atoms with van der Waals surface area (Å²) in [7, 11) is -5.54. The molecule has 0 saturated carbocycles. The molecule has 0 spiro atoms. The number of hydrogen-bond acceptors (Lipinski definition) is 5. The summed E-state index contributed by atoms with van der Waals surface area (Å²) in [6.45, 7) is 1.57. The first-order chi connectivity index (χ1) is 16.4. The van der Waals surface area contributed by atoms with Crippen LogP contribution in [-0.2, 0) is 16.4 Å². The van der Waals surface area contributed by atoms with E-state index < -0.39 is 31.8 Å². The first-order valence-electron chi connectivity index (χ1n) is 10.0. The highest BCUT2D eigenvalue weighted by Crippen LogP contribution is 2.31. The maximum Gasteiger partial charge on any atom is 0.501 e. The molecule has 0 aliphatic carbocycles. The first kappa shape index (κ1) is 24.6. The molecular formula is C23H17ClF3N3O4S. The number of hydrogen-bond donors (Lipinski definition) is 1. The van der Waals surface area contributed by atoms with Gasteiger partial charge in [-0.3, -0.25) is 9.55 Å². The van der Waals surface area contributed by atoms with Crippen LogP contribution >= 0.6 is 11.6 Å². The Labute approximate surface area is 202 Å². The molecule has 1 N–H and O–H groups in total. The Morgan fingerprint density at radius 3 is 2.26 bits per heavy atom. The number of imidazole rings is 1. The van der Waals surface area contributed by atoms with Crippen molar-refractivity contribution >= 4 is 21.4 Å². The molecular weight excluding hydrogens is 507 g/mol. The van der Waals surface area contributed by atoms with Crippen molar-refractivity contribution in [1.82, 2.24) is 14.1 Å². The van der Waals surface area contributed by atoms with Crippen LogP contribution in [0.3, 0.4) is 0 Å². The van der Waals surface area contributed by atoms with Crippen molar-refractivity contribution in [2.24, 2.45) is 0 Å². The molecule has 4 aromatic rings. The zero-order chi connectivity index (χ0) is 25.5. The van der Waals surface area contributed by atoms with Gasteiger partial charge >= 0.3 is 11.2 Å². The van der Waals surface area contributed by atoms with E-state index >= 15 is 0 Å². The lowest BCUT2D eigenvalue weighted by atomic mass is 10.0. The predicted octanol–water partition coefficient (Wildman–Crippen LogP) is 4.71. The highest BCUT2D eigenvalue weighted by Gasteiger charge is 2.46. The van der Waals surface area contributed by atoms with Gasteiger partial charge in [0.2, 0.25) is 5.88 Å². The van der Waals surface area contributed by atoms with E-state index in [4.69, 9.17) is 11.6 Å². The van der Waals surface area contributed by atoms with Gasteiger partial charge in [-0.2, -0.15) is 13.2 Å². The topological polar surface area (TPSA) is 94.2 Å². The van der Waals surface area contributed by atoms with Crippen LogP contribution < -0.4 is 5.69 Å². The molecule has 0 atom stereocenters. The van der Waals surface area contributed by atoms with Gasteiger partial charge in [-0.15, -0.1) is 0 Å². The van der Waals surface area contributed by atoms with Crippen LogP contribution in [0.5, 0.6) is 5.88 Å². The van der Waals surface area contributed by atoms with Crippen molar-refractivity contribution in [1.29, 1.82) is 0 Å². The number of halogens is 4. The second kappa shape index (κ2) is 8.90. The number of aromatic hydroxyl groups is 1. The molecule has 0 unspecified atom stereocenters. The number of rotatable bonds is 5. The Morgan fingerprint density at radius 1 is 1.03 bits per heavy atom. The van der Waals surface area contributed by atoms with Crippen LogP contribution in [0.1, 0.15) is 11.3 Å². The number of nitrogens with zero attached hydrogens (tertiary/aromatic N) is 3.